The molecule has 1 aromatic carbocycles. The molecular weight excluding hydrogens is 322 g/mol. The van der Waals surface area contributed by atoms with E-state index in [0.29, 0.717) is 15.4 Å². The summed E-state index contributed by atoms with van der Waals surface area (Å²) >= 11 is 8.90. The molecule has 8 heteroatoms. The second-order valence-corrected chi connectivity index (χ2v) is 4.60. The van der Waals surface area contributed by atoms with Crippen molar-refractivity contribution in [2.45, 2.75) is 6.54 Å². The standard InChI is InChI=1S/C10H9BrClN5O/c11-9-15-10(13)16-17(9)5-8(18)14-7-3-1-6(12)2-4-7/h1-4H,5H2,(H2,13,16)(H,14,18). The van der Waals surface area contributed by atoms with Crippen LogP contribution in [0.1, 0.15) is 0 Å². The molecule has 0 spiro atoms. The molecule has 2 aromatic rings. The molecule has 1 aromatic heterocycles. The lowest BCUT2D eigenvalue weighted by Gasteiger charge is -2.05. The van der Waals surface area contributed by atoms with E-state index >= 15 is 0 Å². The maximum atomic E-state index is 11.7. The van der Waals surface area contributed by atoms with Crippen molar-refractivity contribution in [2.24, 2.45) is 0 Å². The van der Waals surface area contributed by atoms with Gasteiger partial charge in [0, 0.05) is 10.7 Å². The number of halogens is 2. The summed E-state index contributed by atoms with van der Waals surface area (Å²) in [5.74, 6) is -0.121. The molecule has 0 radical (unpaired) electrons. The van der Waals surface area contributed by atoms with Crippen molar-refractivity contribution in [2.75, 3.05) is 11.1 Å². The molecule has 0 saturated carbocycles. The zero-order valence-electron chi connectivity index (χ0n) is 9.10. The van der Waals surface area contributed by atoms with Crippen LogP contribution in [0.15, 0.2) is 29.0 Å². The van der Waals surface area contributed by atoms with Crippen molar-refractivity contribution in [3.05, 3.63) is 34.0 Å². The van der Waals surface area contributed by atoms with Gasteiger partial charge in [-0.25, -0.2) is 4.68 Å². The highest BCUT2D eigenvalue weighted by molar-refractivity contribution is 9.10. The summed E-state index contributed by atoms with van der Waals surface area (Å²) < 4.78 is 1.77. The SMILES string of the molecule is Nc1nc(Br)n(CC(=O)Nc2ccc(Cl)cc2)n1. The van der Waals surface area contributed by atoms with Crippen LogP contribution in [0.3, 0.4) is 0 Å². The third-order valence-corrected chi connectivity index (χ3v) is 2.90. The van der Waals surface area contributed by atoms with Gasteiger partial charge in [0.15, 0.2) is 4.73 Å². The van der Waals surface area contributed by atoms with Crippen LogP contribution in [0.4, 0.5) is 11.6 Å². The van der Waals surface area contributed by atoms with Gasteiger partial charge in [-0.1, -0.05) is 11.6 Å². The monoisotopic (exact) mass is 329 g/mol. The third kappa shape index (κ3) is 3.21. The molecule has 1 heterocycles. The number of nitrogens with one attached hydrogen (secondary N) is 1. The summed E-state index contributed by atoms with van der Waals surface area (Å²) in [6.07, 6.45) is 0. The van der Waals surface area contributed by atoms with Crippen molar-refractivity contribution < 1.29 is 4.79 Å². The maximum absolute atomic E-state index is 11.7. The van der Waals surface area contributed by atoms with Crippen LogP contribution in [-0.4, -0.2) is 20.7 Å². The lowest BCUT2D eigenvalue weighted by molar-refractivity contribution is -0.116. The second-order valence-electron chi connectivity index (χ2n) is 3.45. The van der Waals surface area contributed by atoms with E-state index in [1.165, 1.54) is 4.68 Å². The number of amides is 1. The normalized spacial score (nSPS) is 10.3. The zero-order valence-corrected chi connectivity index (χ0v) is 11.4. The minimum atomic E-state index is -0.233. The Morgan fingerprint density at radius 1 is 1.44 bits per heavy atom. The van der Waals surface area contributed by atoms with E-state index in [-0.39, 0.29) is 18.4 Å². The molecule has 3 N–H and O–H groups in total. The number of nitrogen functional groups attached to an aromatic ring is 1. The topological polar surface area (TPSA) is 85.8 Å². The van der Waals surface area contributed by atoms with Crippen molar-refractivity contribution in [1.82, 2.24) is 14.8 Å². The van der Waals surface area contributed by atoms with E-state index in [9.17, 15) is 4.79 Å². The minimum absolute atomic E-state index is 0.0212. The third-order valence-electron chi connectivity index (χ3n) is 2.06. The van der Waals surface area contributed by atoms with Crippen LogP contribution in [-0.2, 0) is 11.3 Å². The molecule has 0 bridgehead atoms. The van der Waals surface area contributed by atoms with Crippen molar-refractivity contribution in [3.8, 4) is 0 Å². The molecule has 6 nitrogen and oxygen atoms in total. The van der Waals surface area contributed by atoms with E-state index in [0.717, 1.165) is 0 Å². The van der Waals surface area contributed by atoms with E-state index in [1.54, 1.807) is 24.3 Å². The van der Waals surface area contributed by atoms with Gasteiger partial charge in [0.05, 0.1) is 0 Å². The minimum Gasteiger partial charge on any atom is -0.366 e. The number of rotatable bonds is 3. The highest BCUT2D eigenvalue weighted by atomic mass is 79.9. The molecule has 1 amide bonds. The highest BCUT2D eigenvalue weighted by Gasteiger charge is 2.09. The number of nitrogens with zero attached hydrogens (tertiary/aromatic N) is 3. The first-order valence-electron chi connectivity index (χ1n) is 4.96. The summed E-state index contributed by atoms with van der Waals surface area (Å²) in [5.41, 5.74) is 6.07. The van der Waals surface area contributed by atoms with Gasteiger partial charge in [0.25, 0.3) is 0 Å². The summed E-state index contributed by atoms with van der Waals surface area (Å²) in [7, 11) is 0. The van der Waals surface area contributed by atoms with Gasteiger partial charge >= 0.3 is 0 Å². The van der Waals surface area contributed by atoms with Crippen molar-refractivity contribution in [3.63, 3.8) is 0 Å². The largest absolute Gasteiger partial charge is 0.366 e. The molecule has 0 atom stereocenters. The number of carbonyl (C=O) groups is 1. The predicted octanol–water partition coefficient (Wildman–Crippen LogP) is 1.91. The van der Waals surface area contributed by atoms with Crippen LogP contribution in [0.5, 0.6) is 0 Å². The second kappa shape index (κ2) is 5.36. The molecule has 2 rings (SSSR count). The van der Waals surface area contributed by atoms with Crippen LogP contribution in [0.25, 0.3) is 0 Å². The molecule has 0 aliphatic carbocycles. The Hall–Kier alpha value is -1.60. The van der Waals surface area contributed by atoms with E-state index in [4.69, 9.17) is 17.3 Å². The van der Waals surface area contributed by atoms with Crippen molar-refractivity contribution in [1.29, 1.82) is 0 Å². The molecular formula is C10H9BrClN5O. The van der Waals surface area contributed by atoms with E-state index < -0.39 is 0 Å². The molecule has 0 aliphatic rings. The fourth-order valence-electron chi connectivity index (χ4n) is 1.31. The molecule has 18 heavy (non-hydrogen) atoms. The molecule has 94 valence electrons. The average Bonchev–Trinajstić information content (AvgIpc) is 2.61. The van der Waals surface area contributed by atoms with Gasteiger partial charge in [-0.15, -0.1) is 5.10 Å². The van der Waals surface area contributed by atoms with Gasteiger partial charge in [-0.05, 0) is 40.2 Å². The fourth-order valence-corrected chi connectivity index (χ4v) is 1.82. The number of anilines is 2. The summed E-state index contributed by atoms with van der Waals surface area (Å²) in [6.45, 7) is 0.0212. The number of hydrogen-bond acceptors (Lipinski definition) is 4. The zero-order chi connectivity index (χ0) is 13.1. The maximum Gasteiger partial charge on any atom is 0.246 e. The Morgan fingerprint density at radius 3 is 2.67 bits per heavy atom. The smallest absolute Gasteiger partial charge is 0.246 e. The number of hydrogen-bond donors (Lipinski definition) is 2. The first kappa shape index (κ1) is 12.8. The van der Waals surface area contributed by atoms with Gasteiger partial charge < -0.3 is 11.1 Å². The van der Waals surface area contributed by atoms with Gasteiger partial charge in [-0.3, -0.25) is 4.79 Å². The number of benzene rings is 1. The van der Waals surface area contributed by atoms with E-state index in [2.05, 4.69) is 31.3 Å². The molecule has 0 saturated heterocycles. The lowest BCUT2D eigenvalue weighted by atomic mass is 10.3. The van der Waals surface area contributed by atoms with Gasteiger partial charge in [0.2, 0.25) is 11.9 Å². The number of aromatic nitrogens is 3. The summed E-state index contributed by atoms with van der Waals surface area (Å²) in [4.78, 5) is 15.6. The quantitative estimate of drug-likeness (QED) is 0.900. The first-order valence-corrected chi connectivity index (χ1v) is 6.13. The average molecular weight is 331 g/mol. The first-order chi connectivity index (χ1) is 8.54. The van der Waals surface area contributed by atoms with Crippen LogP contribution in [0.2, 0.25) is 5.02 Å². The van der Waals surface area contributed by atoms with Crippen LogP contribution >= 0.6 is 27.5 Å². The van der Waals surface area contributed by atoms with Crippen LogP contribution in [0, 0.1) is 0 Å². The van der Waals surface area contributed by atoms with Gasteiger partial charge in [0.1, 0.15) is 6.54 Å². The Labute approximate surface area is 116 Å². The summed E-state index contributed by atoms with van der Waals surface area (Å²) in [5, 5.41) is 7.18. The van der Waals surface area contributed by atoms with E-state index in [1.807, 2.05) is 0 Å². The Kier molecular flexibility index (Phi) is 3.83. The fraction of sp³-hybridized carbons (Fsp3) is 0.100. The van der Waals surface area contributed by atoms with Crippen molar-refractivity contribution >= 4 is 45.1 Å². The number of nitrogens with two attached hydrogens (primary N) is 1. The summed E-state index contributed by atoms with van der Waals surface area (Å²) in [6, 6.07) is 6.82. The van der Waals surface area contributed by atoms with Gasteiger partial charge in [-0.2, -0.15) is 4.98 Å². The lowest BCUT2D eigenvalue weighted by Crippen LogP contribution is -2.19. The molecule has 0 aliphatic heterocycles. The molecule has 0 unspecified atom stereocenters. The Morgan fingerprint density at radius 2 is 2.11 bits per heavy atom. The van der Waals surface area contributed by atoms with Crippen LogP contribution < -0.4 is 11.1 Å². The number of carbonyl (C=O) groups excluding carboxylic acids is 1. The Bertz CT molecular complexity index is 568. The Balaban J connectivity index is 2.01. The highest BCUT2D eigenvalue weighted by Crippen LogP contribution is 2.14. The molecule has 0 fully saturated rings. The predicted molar refractivity (Wildman–Crippen MR) is 72.2 cm³/mol.